The zero-order chi connectivity index (χ0) is 19.7. The van der Waals surface area contributed by atoms with Crippen LogP contribution < -0.4 is 4.90 Å². The van der Waals surface area contributed by atoms with Crippen molar-refractivity contribution < 1.29 is 13.2 Å². The van der Waals surface area contributed by atoms with Crippen molar-refractivity contribution in [3.8, 4) is 0 Å². The second kappa shape index (κ2) is 7.38. The highest BCUT2D eigenvalue weighted by molar-refractivity contribution is 5.47. The molecule has 1 saturated heterocycles. The van der Waals surface area contributed by atoms with Crippen LogP contribution in [0, 0.1) is 6.92 Å². The lowest BCUT2D eigenvalue weighted by molar-refractivity contribution is -0.137. The lowest BCUT2D eigenvalue weighted by atomic mass is 10.1. The smallest absolute Gasteiger partial charge is 0.355 e. The quantitative estimate of drug-likeness (QED) is 0.688. The highest BCUT2D eigenvalue weighted by Gasteiger charge is 2.30. The molecule has 2 aromatic heterocycles. The van der Waals surface area contributed by atoms with E-state index in [9.17, 15) is 13.2 Å². The summed E-state index contributed by atoms with van der Waals surface area (Å²) in [6, 6.07) is 7.45. The molecule has 28 heavy (non-hydrogen) atoms. The van der Waals surface area contributed by atoms with Gasteiger partial charge in [-0.3, -0.25) is 4.90 Å². The fraction of sp³-hybridized carbons (Fsp3) is 0.421. The van der Waals surface area contributed by atoms with Gasteiger partial charge < -0.3 is 4.90 Å². The van der Waals surface area contributed by atoms with E-state index in [4.69, 9.17) is 0 Å². The predicted molar refractivity (Wildman–Crippen MR) is 99.1 cm³/mol. The Hall–Kier alpha value is -2.68. The topological polar surface area (TPSA) is 49.6 Å². The summed E-state index contributed by atoms with van der Waals surface area (Å²) < 4.78 is 39.9. The van der Waals surface area contributed by atoms with Crippen molar-refractivity contribution >= 4 is 11.6 Å². The van der Waals surface area contributed by atoms with Gasteiger partial charge in [-0.15, -0.1) is 0 Å². The van der Waals surface area contributed by atoms with Crippen LogP contribution in [0.3, 0.4) is 0 Å². The Kier molecular flexibility index (Phi) is 4.92. The van der Waals surface area contributed by atoms with Crippen molar-refractivity contribution in [1.82, 2.24) is 24.5 Å². The number of aryl methyl sites for hydroxylation is 1. The minimum atomic E-state index is -4.29. The first-order valence-corrected chi connectivity index (χ1v) is 9.21. The second-order valence-corrected chi connectivity index (χ2v) is 7.04. The Bertz CT molecular complexity index is 950. The number of aromatic nitrogens is 4. The van der Waals surface area contributed by atoms with Gasteiger partial charge in [0, 0.05) is 44.5 Å². The van der Waals surface area contributed by atoms with Crippen molar-refractivity contribution in [2.75, 3.05) is 31.1 Å². The summed E-state index contributed by atoms with van der Waals surface area (Å²) >= 11 is 0. The molecule has 0 atom stereocenters. The van der Waals surface area contributed by atoms with Gasteiger partial charge in [0.05, 0.1) is 5.56 Å². The zero-order valence-corrected chi connectivity index (χ0v) is 15.5. The van der Waals surface area contributed by atoms with E-state index in [1.54, 1.807) is 16.6 Å². The molecule has 9 heteroatoms. The molecule has 0 saturated carbocycles. The molecule has 0 bridgehead atoms. The van der Waals surface area contributed by atoms with Crippen LogP contribution in [0.4, 0.5) is 19.0 Å². The molecule has 0 unspecified atom stereocenters. The van der Waals surface area contributed by atoms with E-state index in [2.05, 4.69) is 24.9 Å². The number of alkyl halides is 3. The van der Waals surface area contributed by atoms with E-state index in [1.807, 2.05) is 13.0 Å². The first kappa shape index (κ1) is 18.7. The molecule has 3 aromatic rings. The molecule has 0 spiro atoms. The van der Waals surface area contributed by atoms with Gasteiger partial charge in [-0.05, 0) is 31.0 Å². The number of halogens is 3. The summed E-state index contributed by atoms with van der Waals surface area (Å²) in [6.45, 7) is 5.97. The summed E-state index contributed by atoms with van der Waals surface area (Å²) in [5.41, 5.74) is 1.17. The van der Waals surface area contributed by atoms with Crippen LogP contribution in [0.5, 0.6) is 0 Å². The number of hydrogen-bond acceptors (Lipinski definition) is 5. The average Bonchev–Trinajstić information content (AvgIpc) is 2.99. The Morgan fingerprint density at radius 1 is 1.04 bits per heavy atom. The van der Waals surface area contributed by atoms with Crippen LogP contribution in [-0.4, -0.2) is 50.7 Å². The largest absolute Gasteiger partial charge is 0.416 e. The summed E-state index contributed by atoms with van der Waals surface area (Å²) in [5.74, 6) is 1.55. The maximum Gasteiger partial charge on any atom is 0.416 e. The standard InChI is InChI=1S/C19H21F3N6/c1-14-11-17(28-18(25-14)23-13-24-28)27-8-2-7-26(9-10-27)12-15-3-5-16(6-4-15)19(20,21)22/h3-6,11,13H,2,7-10,12H2,1H3. The third-order valence-corrected chi connectivity index (χ3v) is 4.96. The third-order valence-electron chi connectivity index (χ3n) is 4.96. The van der Waals surface area contributed by atoms with Crippen molar-refractivity contribution in [2.45, 2.75) is 26.1 Å². The minimum absolute atomic E-state index is 0.584. The van der Waals surface area contributed by atoms with Gasteiger partial charge in [0.15, 0.2) is 0 Å². The Balaban J connectivity index is 1.44. The van der Waals surface area contributed by atoms with Crippen molar-refractivity contribution in [1.29, 1.82) is 0 Å². The number of fused-ring (bicyclic) bond motifs is 1. The van der Waals surface area contributed by atoms with E-state index in [1.165, 1.54) is 6.33 Å². The highest BCUT2D eigenvalue weighted by atomic mass is 19.4. The van der Waals surface area contributed by atoms with Crippen LogP contribution in [0.2, 0.25) is 0 Å². The maximum atomic E-state index is 12.7. The zero-order valence-electron chi connectivity index (χ0n) is 15.5. The molecule has 1 aliphatic rings. The molecule has 1 aliphatic heterocycles. The van der Waals surface area contributed by atoms with E-state index in [0.29, 0.717) is 12.3 Å². The molecular formula is C19H21F3N6. The van der Waals surface area contributed by atoms with Gasteiger partial charge >= 0.3 is 6.18 Å². The first-order valence-electron chi connectivity index (χ1n) is 9.21. The minimum Gasteiger partial charge on any atom is -0.355 e. The summed E-state index contributed by atoms with van der Waals surface area (Å²) in [7, 11) is 0. The summed E-state index contributed by atoms with van der Waals surface area (Å²) in [4.78, 5) is 13.1. The number of nitrogens with zero attached hydrogens (tertiary/aromatic N) is 6. The van der Waals surface area contributed by atoms with Crippen molar-refractivity contribution in [3.05, 3.63) is 53.5 Å². The average molecular weight is 390 g/mol. The SMILES string of the molecule is Cc1cc(N2CCCN(Cc3ccc(C(F)(F)F)cc3)CC2)n2ncnc2n1. The summed E-state index contributed by atoms with van der Waals surface area (Å²) in [5, 5.41) is 4.28. The van der Waals surface area contributed by atoms with Crippen LogP contribution in [-0.2, 0) is 12.7 Å². The van der Waals surface area contributed by atoms with Crippen molar-refractivity contribution in [3.63, 3.8) is 0 Å². The van der Waals surface area contributed by atoms with Gasteiger partial charge in [0.1, 0.15) is 12.1 Å². The fourth-order valence-corrected chi connectivity index (χ4v) is 3.55. The van der Waals surface area contributed by atoms with E-state index in [0.717, 1.165) is 61.8 Å². The highest BCUT2D eigenvalue weighted by Crippen LogP contribution is 2.29. The molecule has 0 radical (unpaired) electrons. The van der Waals surface area contributed by atoms with Crippen molar-refractivity contribution in [2.24, 2.45) is 0 Å². The lowest BCUT2D eigenvalue weighted by Gasteiger charge is -2.24. The first-order chi connectivity index (χ1) is 13.4. The Morgan fingerprint density at radius 2 is 1.82 bits per heavy atom. The molecule has 0 aliphatic carbocycles. The molecule has 1 fully saturated rings. The molecule has 148 valence electrons. The molecule has 3 heterocycles. The third kappa shape index (κ3) is 3.94. The monoisotopic (exact) mass is 390 g/mol. The van der Waals surface area contributed by atoms with Crippen LogP contribution in [0.25, 0.3) is 5.78 Å². The second-order valence-electron chi connectivity index (χ2n) is 7.04. The maximum absolute atomic E-state index is 12.7. The molecule has 0 N–H and O–H groups in total. The van der Waals surface area contributed by atoms with Gasteiger partial charge in [-0.1, -0.05) is 12.1 Å². The number of benzene rings is 1. The number of rotatable bonds is 3. The molecule has 1 aromatic carbocycles. The number of anilines is 1. The molecule has 4 rings (SSSR count). The van der Waals surface area contributed by atoms with Crippen LogP contribution in [0.1, 0.15) is 23.2 Å². The molecule has 6 nitrogen and oxygen atoms in total. The predicted octanol–water partition coefficient (Wildman–Crippen LogP) is 3.16. The van der Waals surface area contributed by atoms with Gasteiger partial charge in [0.2, 0.25) is 0 Å². The van der Waals surface area contributed by atoms with E-state index >= 15 is 0 Å². The van der Waals surface area contributed by atoms with Gasteiger partial charge in [-0.25, -0.2) is 4.98 Å². The van der Waals surface area contributed by atoms with E-state index in [-0.39, 0.29) is 0 Å². The van der Waals surface area contributed by atoms with E-state index < -0.39 is 11.7 Å². The van der Waals surface area contributed by atoms with Crippen LogP contribution >= 0.6 is 0 Å². The Morgan fingerprint density at radius 3 is 2.57 bits per heavy atom. The Labute approximate surface area is 160 Å². The number of hydrogen-bond donors (Lipinski definition) is 0. The summed E-state index contributed by atoms with van der Waals surface area (Å²) in [6.07, 6.45) is -1.84. The molecular weight excluding hydrogens is 369 g/mol. The fourth-order valence-electron chi connectivity index (χ4n) is 3.55. The normalized spacial score (nSPS) is 16.5. The molecule has 0 amide bonds. The lowest BCUT2D eigenvalue weighted by Crippen LogP contribution is -2.31. The van der Waals surface area contributed by atoms with Gasteiger partial charge in [-0.2, -0.15) is 27.8 Å². The van der Waals surface area contributed by atoms with Gasteiger partial charge in [0.25, 0.3) is 5.78 Å². The van der Waals surface area contributed by atoms with Crippen LogP contribution in [0.15, 0.2) is 36.7 Å².